The molecule has 2 rings (SSSR count). The standard InChI is InChI=1S/C14H8F2N2O2/c1-7-10(14(19)20)5-8(6-17)13(18-7)9-3-2-4-11(15)12(9)16/h2-5H,1H3,(H,19,20). The molecule has 1 aromatic heterocycles. The van der Waals surface area contributed by atoms with E-state index in [4.69, 9.17) is 10.4 Å². The summed E-state index contributed by atoms with van der Waals surface area (Å²) >= 11 is 0. The molecule has 0 radical (unpaired) electrons. The minimum absolute atomic E-state index is 0.0769. The number of aryl methyl sites for hydroxylation is 1. The average molecular weight is 274 g/mol. The van der Waals surface area contributed by atoms with Gasteiger partial charge in [-0.2, -0.15) is 5.26 Å². The lowest BCUT2D eigenvalue weighted by atomic mass is 10.0. The molecule has 100 valence electrons. The molecule has 0 aliphatic carbocycles. The number of nitriles is 1. The number of nitrogens with zero attached hydrogens (tertiary/aromatic N) is 2. The van der Waals surface area contributed by atoms with Crippen molar-refractivity contribution in [3.8, 4) is 17.3 Å². The molecule has 6 heteroatoms. The zero-order valence-corrected chi connectivity index (χ0v) is 10.3. The first-order valence-electron chi connectivity index (χ1n) is 5.55. The lowest BCUT2D eigenvalue weighted by Crippen LogP contribution is -2.05. The number of aromatic nitrogens is 1. The summed E-state index contributed by atoms with van der Waals surface area (Å²) in [5, 5.41) is 18.0. The van der Waals surface area contributed by atoms with Gasteiger partial charge in [0.2, 0.25) is 0 Å². The smallest absolute Gasteiger partial charge is 0.337 e. The molecule has 1 heterocycles. The van der Waals surface area contributed by atoms with Crippen LogP contribution in [0.1, 0.15) is 21.6 Å². The van der Waals surface area contributed by atoms with E-state index in [9.17, 15) is 13.6 Å². The SMILES string of the molecule is Cc1nc(-c2cccc(F)c2F)c(C#N)cc1C(=O)O. The van der Waals surface area contributed by atoms with Crippen LogP contribution >= 0.6 is 0 Å². The number of hydrogen-bond acceptors (Lipinski definition) is 3. The van der Waals surface area contributed by atoms with Gasteiger partial charge in [0.25, 0.3) is 0 Å². The number of rotatable bonds is 2. The van der Waals surface area contributed by atoms with Crippen LogP contribution < -0.4 is 0 Å². The third kappa shape index (κ3) is 2.21. The molecule has 0 saturated carbocycles. The Balaban J connectivity index is 2.75. The van der Waals surface area contributed by atoms with Gasteiger partial charge >= 0.3 is 5.97 Å². The Bertz CT molecular complexity index is 752. The van der Waals surface area contributed by atoms with E-state index in [1.165, 1.54) is 19.1 Å². The fraction of sp³-hybridized carbons (Fsp3) is 0.0714. The van der Waals surface area contributed by atoms with Gasteiger partial charge in [-0.15, -0.1) is 0 Å². The van der Waals surface area contributed by atoms with Crippen molar-refractivity contribution in [1.82, 2.24) is 4.98 Å². The molecule has 0 spiro atoms. The summed E-state index contributed by atoms with van der Waals surface area (Å²) in [6.45, 7) is 1.42. The Morgan fingerprint density at radius 1 is 1.40 bits per heavy atom. The number of benzene rings is 1. The number of pyridine rings is 1. The lowest BCUT2D eigenvalue weighted by Gasteiger charge is -2.08. The number of carboxylic acids is 1. The summed E-state index contributed by atoms with van der Waals surface area (Å²) in [5.41, 5.74) is -0.414. The molecular formula is C14H8F2N2O2. The first kappa shape index (κ1) is 13.6. The van der Waals surface area contributed by atoms with E-state index < -0.39 is 17.6 Å². The Morgan fingerprint density at radius 2 is 2.10 bits per heavy atom. The number of hydrogen-bond donors (Lipinski definition) is 1. The average Bonchev–Trinajstić information content (AvgIpc) is 2.41. The molecule has 20 heavy (non-hydrogen) atoms. The van der Waals surface area contributed by atoms with Gasteiger partial charge in [-0.25, -0.2) is 13.6 Å². The van der Waals surface area contributed by atoms with Gasteiger partial charge in [-0.3, -0.25) is 4.98 Å². The molecule has 0 atom stereocenters. The Kier molecular flexibility index (Phi) is 3.44. The topological polar surface area (TPSA) is 74.0 Å². The Morgan fingerprint density at radius 3 is 2.70 bits per heavy atom. The molecule has 0 unspecified atom stereocenters. The van der Waals surface area contributed by atoms with Gasteiger partial charge in [-0.1, -0.05) is 6.07 Å². The molecule has 2 aromatic rings. The second-order valence-electron chi connectivity index (χ2n) is 4.04. The van der Waals surface area contributed by atoms with Crippen molar-refractivity contribution in [2.75, 3.05) is 0 Å². The predicted molar refractivity (Wildman–Crippen MR) is 66.0 cm³/mol. The molecule has 1 aromatic carbocycles. The van der Waals surface area contributed by atoms with Crippen molar-refractivity contribution < 1.29 is 18.7 Å². The van der Waals surface area contributed by atoms with E-state index in [0.717, 1.165) is 12.1 Å². The minimum Gasteiger partial charge on any atom is -0.478 e. The maximum Gasteiger partial charge on any atom is 0.337 e. The highest BCUT2D eigenvalue weighted by atomic mass is 19.2. The van der Waals surface area contributed by atoms with Crippen LogP contribution in [0.15, 0.2) is 24.3 Å². The largest absolute Gasteiger partial charge is 0.478 e. The second kappa shape index (κ2) is 5.05. The first-order chi connectivity index (χ1) is 9.45. The van der Waals surface area contributed by atoms with Gasteiger partial charge in [0.15, 0.2) is 11.6 Å². The van der Waals surface area contributed by atoms with Crippen LogP contribution in [0.4, 0.5) is 8.78 Å². The number of aromatic carboxylic acids is 1. The molecule has 0 aliphatic heterocycles. The van der Waals surface area contributed by atoms with E-state index >= 15 is 0 Å². The third-order valence-electron chi connectivity index (χ3n) is 2.77. The monoisotopic (exact) mass is 274 g/mol. The van der Waals surface area contributed by atoms with Crippen LogP contribution in [0, 0.1) is 29.9 Å². The van der Waals surface area contributed by atoms with Crippen LogP contribution in [0.3, 0.4) is 0 Å². The maximum absolute atomic E-state index is 13.8. The molecule has 1 N–H and O–H groups in total. The van der Waals surface area contributed by atoms with Crippen LogP contribution in [0.5, 0.6) is 0 Å². The third-order valence-corrected chi connectivity index (χ3v) is 2.77. The fourth-order valence-corrected chi connectivity index (χ4v) is 1.80. The first-order valence-corrected chi connectivity index (χ1v) is 5.55. The van der Waals surface area contributed by atoms with Gasteiger partial charge in [0, 0.05) is 5.56 Å². The number of halogens is 2. The van der Waals surface area contributed by atoms with E-state index in [2.05, 4.69) is 4.98 Å². The highest BCUT2D eigenvalue weighted by Gasteiger charge is 2.18. The van der Waals surface area contributed by atoms with Crippen molar-refractivity contribution in [1.29, 1.82) is 5.26 Å². The fourth-order valence-electron chi connectivity index (χ4n) is 1.80. The van der Waals surface area contributed by atoms with Crippen molar-refractivity contribution in [3.63, 3.8) is 0 Å². The second-order valence-corrected chi connectivity index (χ2v) is 4.04. The maximum atomic E-state index is 13.8. The summed E-state index contributed by atoms with van der Waals surface area (Å²) in [5.74, 6) is -3.43. The summed E-state index contributed by atoms with van der Waals surface area (Å²) in [6, 6.07) is 6.37. The summed E-state index contributed by atoms with van der Waals surface area (Å²) in [4.78, 5) is 14.9. The zero-order chi connectivity index (χ0) is 14.9. The van der Waals surface area contributed by atoms with E-state index in [0.29, 0.717) is 0 Å². The van der Waals surface area contributed by atoms with Crippen molar-refractivity contribution in [2.24, 2.45) is 0 Å². The van der Waals surface area contributed by atoms with Crippen molar-refractivity contribution >= 4 is 5.97 Å². The van der Waals surface area contributed by atoms with Gasteiger partial charge in [0.05, 0.1) is 22.5 Å². The lowest BCUT2D eigenvalue weighted by molar-refractivity contribution is 0.0695. The summed E-state index contributed by atoms with van der Waals surface area (Å²) in [6.07, 6.45) is 0. The summed E-state index contributed by atoms with van der Waals surface area (Å²) < 4.78 is 27.0. The quantitative estimate of drug-likeness (QED) is 0.913. The molecular weight excluding hydrogens is 266 g/mol. The number of carbonyl (C=O) groups is 1. The Labute approximate surface area is 112 Å². The van der Waals surface area contributed by atoms with Gasteiger partial charge in [-0.05, 0) is 25.1 Å². The van der Waals surface area contributed by atoms with Gasteiger partial charge in [0.1, 0.15) is 6.07 Å². The summed E-state index contributed by atoms with van der Waals surface area (Å²) in [7, 11) is 0. The van der Waals surface area contributed by atoms with Crippen LogP contribution in [-0.2, 0) is 0 Å². The number of carboxylic acid groups (broad SMARTS) is 1. The van der Waals surface area contributed by atoms with Crippen molar-refractivity contribution in [3.05, 3.63) is 52.7 Å². The minimum atomic E-state index is -1.24. The van der Waals surface area contributed by atoms with Crippen LogP contribution in [-0.4, -0.2) is 16.1 Å². The molecule has 4 nitrogen and oxygen atoms in total. The van der Waals surface area contributed by atoms with E-state index in [1.54, 1.807) is 6.07 Å². The van der Waals surface area contributed by atoms with Crippen LogP contribution in [0.25, 0.3) is 11.3 Å². The molecule has 0 aliphatic rings. The van der Waals surface area contributed by atoms with E-state index in [1.807, 2.05) is 0 Å². The normalized spacial score (nSPS) is 10.1. The van der Waals surface area contributed by atoms with Crippen LogP contribution in [0.2, 0.25) is 0 Å². The molecule has 0 amide bonds. The highest BCUT2D eigenvalue weighted by Crippen LogP contribution is 2.27. The molecule has 0 saturated heterocycles. The molecule has 0 bridgehead atoms. The van der Waals surface area contributed by atoms with E-state index in [-0.39, 0.29) is 28.1 Å². The highest BCUT2D eigenvalue weighted by molar-refractivity contribution is 5.90. The Hall–Kier alpha value is -2.81. The zero-order valence-electron chi connectivity index (χ0n) is 10.3. The van der Waals surface area contributed by atoms with Gasteiger partial charge < -0.3 is 5.11 Å². The predicted octanol–water partition coefficient (Wildman–Crippen LogP) is 2.91. The van der Waals surface area contributed by atoms with Crippen molar-refractivity contribution in [2.45, 2.75) is 6.92 Å². The molecule has 0 fully saturated rings.